The second-order valence-electron chi connectivity index (χ2n) is 34.0. The van der Waals surface area contributed by atoms with Gasteiger partial charge in [-0.05, 0) is 99.2 Å². The molecule has 25 heteroatoms. The van der Waals surface area contributed by atoms with E-state index in [2.05, 4.69) is 68.9 Å². The number of nitrogens with zero attached hydrogens (tertiary/aromatic N) is 4. The lowest BCUT2D eigenvalue weighted by Crippen LogP contribution is -2.63. The van der Waals surface area contributed by atoms with Crippen LogP contribution in [-0.2, 0) is 56.1 Å². The Bertz CT molecular complexity index is 3680. The van der Waals surface area contributed by atoms with Gasteiger partial charge in [0.15, 0.2) is 0 Å². The van der Waals surface area contributed by atoms with Crippen LogP contribution in [0.3, 0.4) is 0 Å². The lowest BCUT2D eigenvalue weighted by molar-refractivity contribution is -0.145. The van der Waals surface area contributed by atoms with Crippen molar-refractivity contribution >= 4 is 76.8 Å². The Hall–Kier alpha value is -8.95. The number of carbonyl (C=O) groups excluding carboxylic acids is 13. The molecule has 2 aromatic carbocycles. The van der Waals surface area contributed by atoms with Crippen molar-refractivity contribution in [3.8, 4) is 12.3 Å². The van der Waals surface area contributed by atoms with Crippen molar-refractivity contribution in [2.75, 3.05) is 39.3 Å². The fourth-order valence-electron chi connectivity index (χ4n) is 14.9. The molecule has 0 radical (unpaired) electrons. The van der Waals surface area contributed by atoms with Crippen LogP contribution in [0.1, 0.15) is 189 Å². The van der Waals surface area contributed by atoms with Crippen LogP contribution in [0, 0.1) is 68.5 Å². The summed E-state index contributed by atoms with van der Waals surface area (Å²) in [6.45, 7) is 39.6. The van der Waals surface area contributed by atoms with E-state index >= 15 is 0 Å². The van der Waals surface area contributed by atoms with Crippen molar-refractivity contribution in [2.24, 2.45) is 56.2 Å². The van der Waals surface area contributed by atoms with E-state index in [4.69, 9.17) is 6.42 Å². The molecule has 2 saturated heterocycles. The number of amides is 13. The SMILES string of the molecule is C#CCCC(NC(=O)[C@@H]1[C@@H]2[C@H](CN1C(=O)[C@@H](NC(=O)N[C@H](CN1C(=O)Cc3ccccc3C1=O)C(C)(C)C)C(C)(C)C)C2(C)C)C(=O)C(=O)NCC=C.CCCCC(NC(=O)[C@@H]1[C@@H]2[C@H](CN1C(=O)[C@@H](NC(=O)N[C@H](CN1Cc3ccccc3C1=O)C(C)(C)C)C(C)(C)C)C2(C)C)C(=O)C(=O)NCC. The molecule has 0 bridgehead atoms. The highest BCUT2D eigenvalue weighted by molar-refractivity contribution is 6.39. The standard InChI is InChI=1S/C40H54N6O7.C38H58N6O6/c1-11-13-18-26(31(48)34(50)41-19-12-2)42-33(49)30-29-25(40(29,9)10)21-46(30)36(52)32(39(6,7)8)44-37(53)43-27(38(3,4)5)22-45-28(47)20-23-16-14-15-17-24(23)35(45)51;1-11-13-18-25(29(45)32(47)39-12-2)40-31(46)28-27-24(38(27,9)10)20-44(28)34(49)30(37(6,7)8)42-35(50)41-26(36(3,4)5)21-43-19-22-16-14-15-17-23(22)33(43)48/h1,12,14-17,25-27,29-30,32H,2,13,18-22H2,3-10H3,(H,41,50)(H,42,49)(H2,43,44,53);14-17,24-28,30H,11-13,18-21H2,1-10H3,(H,39,47)(H,40,46)(H2,41,42,50)/t25-,26?,27+,29-,30-,32+;24-,25?,26+,27-,28-,30+/m00/s1. The second-order valence-corrected chi connectivity index (χ2v) is 34.0. The largest absolute Gasteiger partial charge is 0.350 e. The molecule has 8 N–H and O–H groups in total. The van der Waals surface area contributed by atoms with Gasteiger partial charge in [-0.15, -0.1) is 18.9 Å². The first-order valence-corrected chi connectivity index (χ1v) is 36.2. The van der Waals surface area contributed by atoms with Gasteiger partial charge in [0.25, 0.3) is 23.6 Å². The molecule has 2 aliphatic carbocycles. The third kappa shape index (κ3) is 18.5. The Balaban J connectivity index is 0.000000289. The van der Waals surface area contributed by atoms with Crippen LogP contribution >= 0.6 is 0 Å². The van der Waals surface area contributed by atoms with Gasteiger partial charge in [0.1, 0.15) is 24.2 Å². The smallest absolute Gasteiger partial charge is 0.315 e. The Morgan fingerprint density at radius 1 is 0.583 bits per heavy atom. The summed E-state index contributed by atoms with van der Waals surface area (Å²) >= 11 is 0. The molecule has 2 saturated carbocycles. The van der Waals surface area contributed by atoms with Gasteiger partial charge in [-0.25, -0.2) is 9.59 Å². The van der Waals surface area contributed by atoms with Crippen molar-refractivity contribution in [3.63, 3.8) is 0 Å². The number of unbranched alkanes of at least 4 members (excludes halogenated alkanes) is 1. The maximum Gasteiger partial charge on any atom is 0.315 e. The maximum absolute atomic E-state index is 14.5. The number of benzene rings is 2. The van der Waals surface area contributed by atoms with Gasteiger partial charge in [0.2, 0.25) is 41.1 Å². The Kier molecular flexibility index (Phi) is 25.2. The van der Waals surface area contributed by atoms with E-state index in [-0.39, 0.29) is 97.7 Å². The molecule has 562 valence electrons. The van der Waals surface area contributed by atoms with Gasteiger partial charge >= 0.3 is 12.1 Å². The van der Waals surface area contributed by atoms with E-state index in [9.17, 15) is 62.3 Å². The number of nitrogens with one attached hydrogen (secondary N) is 8. The number of Topliss-reactive ketones (excluding diaryl/α,β-unsaturated/α-hetero) is 2. The molecule has 13 amide bonds. The third-order valence-corrected chi connectivity index (χ3v) is 21.7. The van der Waals surface area contributed by atoms with Gasteiger partial charge in [0, 0.05) is 63.4 Å². The van der Waals surface area contributed by atoms with Crippen LogP contribution < -0.4 is 42.5 Å². The molecule has 25 nitrogen and oxygen atoms in total. The predicted octanol–water partition coefficient (Wildman–Crippen LogP) is 6.23. The van der Waals surface area contributed by atoms with Gasteiger partial charge in [-0.3, -0.25) is 57.6 Å². The summed E-state index contributed by atoms with van der Waals surface area (Å²) in [6, 6.07) is 6.00. The molecular weight excluding hydrogens is 1310 g/mol. The number of terminal acetylenes is 1. The Labute approximate surface area is 607 Å². The molecule has 8 rings (SSSR count). The molecular formula is C78H112N12O13. The number of likely N-dealkylation sites (N-methyl/N-ethyl adjacent to an activating group) is 1. The van der Waals surface area contributed by atoms with E-state index in [1.165, 1.54) is 11.0 Å². The van der Waals surface area contributed by atoms with Crippen molar-refractivity contribution in [1.82, 2.24) is 62.1 Å². The zero-order chi connectivity index (χ0) is 77.0. The van der Waals surface area contributed by atoms with Crippen molar-refractivity contribution in [2.45, 2.75) is 218 Å². The van der Waals surface area contributed by atoms with E-state index in [1.807, 2.05) is 107 Å². The van der Waals surface area contributed by atoms with Crippen LogP contribution in [0.15, 0.2) is 61.2 Å². The highest BCUT2D eigenvalue weighted by Gasteiger charge is 2.71. The maximum atomic E-state index is 14.5. The summed E-state index contributed by atoms with van der Waals surface area (Å²) in [5.74, 6) is -3.77. The van der Waals surface area contributed by atoms with Crippen LogP contribution in [0.5, 0.6) is 0 Å². The van der Waals surface area contributed by atoms with Crippen LogP contribution in [0.4, 0.5) is 9.59 Å². The number of urea groups is 2. The van der Waals surface area contributed by atoms with Crippen molar-refractivity contribution in [3.05, 3.63) is 83.4 Å². The number of hydrogen-bond acceptors (Lipinski definition) is 13. The number of hydrogen-bond donors (Lipinski definition) is 8. The zero-order valence-electron chi connectivity index (χ0n) is 63.7. The van der Waals surface area contributed by atoms with E-state index in [0.29, 0.717) is 49.2 Å². The van der Waals surface area contributed by atoms with Crippen LogP contribution in [0.2, 0.25) is 0 Å². The molecule has 0 aromatic heterocycles. The summed E-state index contributed by atoms with van der Waals surface area (Å²) in [7, 11) is 0. The van der Waals surface area contributed by atoms with E-state index in [1.54, 1.807) is 61.8 Å². The van der Waals surface area contributed by atoms with Crippen LogP contribution in [0.25, 0.3) is 0 Å². The molecule has 2 aromatic rings. The topological polar surface area (TPSA) is 331 Å². The fraction of sp³-hybridized carbons (Fsp3) is 0.628. The molecule has 12 atom stereocenters. The van der Waals surface area contributed by atoms with Gasteiger partial charge in [-0.1, -0.05) is 173 Å². The molecule has 4 aliphatic heterocycles. The second kappa shape index (κ2) is 32.0. The minimum Gasteiger partial charge on any atom is -0.350 e. The number of imide groups is 1. The zero-order valence-corrected chi connectivity index (χ0v) is 63.7. The Morgan fingerprint density at radius 2 is 1.02 bits per heavy atom. The molecule has 103 heavy (non-hydrogen) atoms. The average Bonchev–Trinajstić information content (AvgIpc) is 1.53. The van der Waals surface area contributed by atoms with Gasteiger partial charge in [-0.2, -0.15) is 0 Å². The minimum atomic E-state index is -1.20. The average molecular weight is 1430 g/mol. The number of carbonyl (C=O) groups is 13. The summed E-state index contributed by atoms with van der Waals surface area (Å²) in [4.78, 5) is 181. The Morgan fingerprint density at radius 3 is 1.45 bits per heavy atom. The number of fused-ring (bicyclic) bond motifs is 4. The summed E-state index contributed by atoms with van der Waals surface area (Å²) in [5, 5.41) is 22.3. The lowest BCUT2D eigenvalue weighted by Gasteiger charge is -2.39. The molecule has 0 spiro atoms. The third-order valence-electron chi connectivity index (χ3n) is 21.7. The number of piperidine rings is 2. The first kappa shape index (κ1) is 81.3. The molecule has 2 unspecified atom stereocenters. The fourth-order valence-corrected chi connectivity index (χ4v) is 14.9. The lowest BCUT2D eigenvalue weighted by atomic mass is 9.84. The highest BCUT2D eigenvalue weighted by atomic mass is 16.2. The van der Waals surface area contributed by atoms with E-state index in [0.717, 1.165) is 16.9 Å². The van der Waals surface area contributed by atoms with Gasteiger partial charge in [0.05, 0.1) is 30.6 Å². The summed E-state index contributed by atoms with van der Waals surface area (Å²) < 4.78 is 0. The quantitative estimate of drug-likeness (QED) is 0.0225. The van der Waals surface area contributed by atoms with Gasteiger partial charge < -0.3 is 57.2 Å². The van der Waals surface area contributed by atoms with Crippen molar-refractivity contribution < 1.29 is 62.3 Å². The molecule has 4 fully saturated rings. The highest BCUT2D eigenvalue weighted by Crippen LogP contribution is 2.66. The summed E-state index contributed by atoms with van der Waals surface area (Å²) in [5.41, 5.74) is -0.291. The number of likely N-dealkylation sites (tertiary alicyclic amines) is 2. The van der Waals surface area contributed by atoms with E-state index < -0.39 is 129 Å². The summed E-state index contributed by atoms with van der Waals surface area (Å²) in [6.07, 6.45) is 8.83. The molecule has 4 heterocycles. The van der Waals surface area contributed by atoms with Crippen LogP contribution in [-0.4, -0.2) is 184 Å². The van der Waals surface area contributed by atoms with Crippen molar-refractivity contribution in [1.29, 1.82) is 0 Å². The molecule has 6 aliphatic rings. The predicted molar refractivity (Wildman–Crippen MR) is 390 cm³/mol. The first-order valence-electron chi connectivity index (χ1n) is 36.2. The normalized spacial score (nSPS) is 22.2. The monoisotopic (exact) mass is 1420 g/mol. The minimum absolute atomic E-state index is 0.00223. The number of ketones is 2. The number of rotatable bonds is 26. The first-order chi connectivity index (χ1) is 47.9.